The van der Waals surface area contributed by atoms with Gasteiger partial charge >= 0.3 is 0 Å². The Labute approximate surface area is 88.8 Å². The molecule has 0 amide bonds. The predicted octanol–water partition coefficient (Wildman–Crippen LogP) is 4.56. The summed E-state index contributed by atoms with van der Waals surface area (Å²) in [5.74, 6) is 3.40. The zero-order valence-corrected chi connectivity index (χ0v) is 9.54. The second-order valence-corrected chi connectivity index (χ2v) is 5.29. The van der Waals surface area contributed by atoms with Gasteiger partial charge in [0.15, 0.2) is 0 Å². The Bertz CT molecular complexity index is 192. The Morgan fingerprint density at radius 2 is 2.07 bits per heavy atom. The first-order chi connectivity index (χ1) is 6.90. The second-order valence-electron chi connectivity index (χ2n) is 5.29. The van der Waals surface area contributed by atoms with Crippen LogP contribution in [0.3, 0.4) is 0 Å². The van der Waals surface area contributed by atoms with Crippen molar-refractivity contribution < 1.29 is 0 Å². The lowest BCUT2D eigenvalue weighted by molar-refractivity contribution is 0.306. The molecular weight excluding hydrogens is 168 g/mol. The van der Waals surface area contributed by atoms with Crippen molar-refractivity contribution in [3.63, 3.8) is 0 Å². The molecule has 0 aliphatic heterocycles. The fraction of sp³-hybridized carbons (Fsp3) is 0.857. The third kappa shape index (κ3) is 2.40. The van der Waals surface area contributed by atoms with Crippen molar-refractivity contribution in [1.82, 2.24) is 0 Å². The molecule has 2 fully saturated rings. The highest BCUT2D eigenvalue weighted by Crippen LogP contribution is 2.49. The van der Waals surface area contributed by atoms with E-state index in [1.807, 2.05) is 0 Å². The molecule has 0 heteroatoms. The molecule has 0 saturated heterocycles. The maximum absolute atomic E-state index is 2.31. The van der Waals surface area contributed by atoms with Gasteiger partial charge < -0.3 is 0 Å². The average molecular weight is 192 g/mol. The number of fused-ring (bicyclic) bond motifs is 2. The molecular formula is C14H24. The maximum atomic E-state index is 2.31. The van der Waals surface area contributed by atoms with E-state index in [1.54, 1.807) is 25.7 Å². The average Bonchev–Trinajstić information content (AvgIpc) is 2.79. The molecule has 2 aliphatic rings. The number of allylic oxidation sites excluding steroid dienone is 2. The van der Waals surface area contributed by atoms with Gasteiger partial charge in [0, 0.05) is 0 Å². The molecule has 0 nitrogen and oxygen atoms in total. The van der Waals surface area contributed by atoms with Crippen LogP contribution in [0.1, 0.15) is 58.3 Å². The summed E-state index contributed by atoms with van der Waals surface area (Å²) in [6.45, 7) is 2.12. The molecule has 2 aliphatic carbocycles. The Hall–Kier alpha value is -0.260. The van der Waals surface area contributed by atoms with Gasteiger partial charge in [-0.15, -0.1) is 0 Å². The summed E-state index contributed by atoms with van der Waals surface area (Å²) >= 11 is 0. The normalized spacial score (nSPS) is 35.9. The summed E-state index contributed by atoms with van der Waals surface area (Å²) < 4.78 is 0. The summed E-state index contributed by atoms with van der Waals surface area (Å²) in [5, 5.41) is 0. The van der Waals surface area contributed by atoms with Crippen molar-refractivity contribution in [2.24, 2.45) is 17.8 Å². The zero-order valence-electron chi connectivity index (χ0n) is 9.54. The predicted molar refractivity (Wildman–Crippen MR) is 62.2 cm³/mol. The van der Waals surface area contributed by atoms with Crippen molar-refractivity contribution >= 4 is 0 Å². The first-order valence-corrected chi connectivity index (χ1v) is 6.51. The van der Waals surface area contributed by atoms with E-state index < -0.39 is 0 Å². The number of hydrogen-bond donors (Lipinski definition) is 0. The molecule has 80 valence electrons. The highest BCUT2D eigenvalue weighted by atomic mass is 14.4. The summed E-state index contributed by atoms with van der Waals surface area (Å²) in [6, 6.07) is 0. The van der Waals surface area contributed by atoms with Crippen LogP contribution in [0.2, 0.25) is 0 Å². The summed E-state index contributed by atoms with van der Waals surface area (Å²) in [7, 11) is 0. The largest absolute Gasteiger partial charge is 0.0917 e. The minimum atomic E-state index is 1.12. The van der Waals surface area contributed by atoms with Gasteiger partial charge in [-0.05, 0) is 56.8 Å². The lowest BCUT2D eigenvalue weighted by atomic mass is 9.85. The van der Waals surface area contributed by atoms with Crippen LogP contribution in [0.15, 0.2) is 12.2 Å². The molecule has 0 N–H and O–H groups in total. The summed E-state index contributed by atoms with van der Waals surface area (Å²) in [5.41, 5.74) is 0. The van der Waals surface area contributed by atoms with E-state index in [9.17, 15) is 0 Å². The number of unbranched alkanes of at least 4 members (excludes halogenated alkanes) is 2. The maximum Gasteiger partial charge on any atom is -0.0351 e. The van der Waals surface area contributed by atoms with Crippen LogP contribution in [0.25, 0.3) is 0 Å². The van der Waals surface area contributed by atoms with Crippen molar-refractivity contribution in [3.8, 4) is 0 Å². The van der Waals surface area contributed by atoms with Crippen LogP contribution in [0, 0.1) is 17.8 Å². The Balaban J connectivity index is 1.58. The number of rotatable bonds is 5. The van der Waals surface area contributed by atoms with Gasteiger partial charge in [-0.1, -0.05) is 31.4 Å². The van der Waals surface area contributed by atoms with Crippen LogP contribution >= 0.6 is 0 Å². The first kappa shape index (κ1) is 10.3. The van der Waals surface area contributed by atoms with Crippen LogP contribution in [-0.4, -0.2) is 0 Å². The van der Waals surface area contributed by atoms with E-state index in [2.05, 4.69) is 19.1 Å². The molecule has 2 saturated carbocycles. The van der Waals surface area contributed by atoms with E-state index in [1.165, 1.54) is 25.7 Å². The van der Waals surface area contributed by atoms with Crippen molar-refractivity contribution in [2.75, 3.05) is 0 Å². The van der Waals surface area contributed by atoms with E-state index in [4.69, 9.17) is 0 Å². The van der Waals surface area contributed by atoms with Crippen LogP contribution in [-0.2, 0) is 0 Å². The summed E-state index contributed by atoms with van der Waals surface area (Å²) in [4.78, 5) is 0. The van der Waals surface area contributed by atoms with Crippen molar-refractivity contribution in [1.29, 1.82) is 0 Å². The van der Waals surface area contributed by atoms with Crippen molar-refractivity contribution in [3.05, 3.63) is 12.2 Å². The number of hydrogen-bond acceptors (Lipinski definition) is 0. The topological polar surface area (TPSA) is 0 Å². The molecule has 0 aromatic rings. The molecule has 3 unspecified atom stereocenters. The van der Waals surface area contributed by atoms with Gasteiger partial charge in [-0.3, -0.25) is 0 Å². The van der Waals surface area contributed by atoms with Crippen LogP contribution < -0.4 is 0 Å². The summed E-state index contributed by atoms with van der Waals surface area (Å²) in [6.07, 6.45) is 16.5. The van der Waals surface area contributed by atoms with Crippen LogP contribution in [0.5, 0.6) is 0 Å². The standard InChI is InChI=1S/C14H24/c1-2-3-4-5-6-7-13-10-12-8-9-14(13)11-12/h2-3,12-14H,4-11H2,1H3. The fourth-order valence-corrected chi connectivity index (χ4v) is 3.57. The Morgan fingerprint density at radius 3 is 2.71 bits per heavy atom. The Morgan fingerprint density at radius 1 is 1.14 bits per heavy atom. The van der Waals surface area contributed by atoms with Gasteiger partial charge in [0.1, 0.15) is 0 Å². The molecule has 0 spiro atoms. The third-order valence-corrected chi connectivity index (χ3v) is 4.32. The van der Waals surface area contributed by atoms with E-state index >= 15 is 0 Å². The minimum Gasteiger partial charge on any atom is -0.0917 e. The highest BCUT2D eigenvalue weighted by molar-refractivity contribution is 4.89. The lowest BCUT2D eigenvalue weighted by Gasteiger charge is -2.21. The van der Waals surface area contributed by atoms with Crippen LogP contribution in [0.4, 0.5) is 0 Å². The molecule has 2 bridgehead atoms. The molecule has 0 aromatic heterocycles. The van der Waals surface area contributed by atoms with Gasteiger partial charge in [0.25, 0.3) is 0 Å². The van der Waals surface area contributed by atoms with Crippen molar-refractivity contribution in [2.45, 2.75) is 58.3 Å². The zero-order chi connectivity index (χ0) is 9.80. The third-order valence-electron chi connectivity index (χ3n) is 4.32. The molecule has 0 heterocycles. The highest BCUT2D eigenvalue weighted by Gasteiger charge is 2.38. The minimum absolute atomic E-state index is 1.12. The Kier molecular flexibility index (Phi) is 3.67. The van der Waals surface area contributed by atoms with Gasteiger partial charge in [-0.25, -0.2) is 0 Å². The second kappa shape index (κ2) is 5.00. The molecule has 3 atom stereocenters. The SMILES string of the molecule is CC=CCCCCC1CC2CCC1C2. The quantitative estimate of drug-likeness (QED) is 0.442. The van der Waals surface area contributed by atoms with E-state index in [-0.39, 0.29) is 0 Å². The van der Waals surface area contributed by atoms with Gasteiger partial charge in [0.2, 0.25) is 0 Å². The van der Waals surface area contributed by atoms with E-state index in [0.29, 0.717) is 0 Å². The molecule has 14 heavy (non-hydrogen) atoms. The van der Waals surface area contributed by atoms with E-state index in [0.717, 1.165) is 17.8 Å². The molecule has 2 rings (SSSR count). The van der Waals surface area contributed by atoms with Gasteiger partial charge in [0.05, 0.1) is 0 Å². The molecule has 0 aromatic carbocycles. The smallest absolute Gasteiger partial charge is 0.0351 e. The fourth-order valence-electron chi connectivity index (χ4n) is 3.57. The lowest BCUT2D eigenvalue weighted by Crippen LogP contribution is -2.09. The monoisotopic (exact) mass is 192 g/mol. The van der Waals surface area contributed by atoms with Gasteiger partial charge in [-0.2, -0.15) is 0 Å². The first-order valence-electron chi connectivity index (χ1n) is 6.51. The molecule has 0 radical (unpaired) electrons.